The largest absolute Gasteiger partial charge is 0.459 e. The Balaban J connectivity index is 1.98. The fourth-order valence-electron chi connectivity index (χ4n) is 1.90. The molecule has 2 rings (SSSR count). The number of benzene rings is 1. The lowest BCUT2D eigenvalue weighted by Crippen LogP contribution is -2.25. The maximum absolute atomic E-state index is 11.9. The molecule has 108 valence electrons. The van der Waals surface area contributed by atoms with Crippen molar-refractivity contribution >= 4 is 11.7 Å². The minimum atomic E-state index is -0.745. The Morgan fingerprint density at radius 3 is 2.80 bits per heavy atom. The third kappa shape index (κ3) is 3.31. The third-order valence-electron chi connectivity index (χ3n) is 2.79. The van der Waals surface area contributed by atoms with Crippen LogP contribution in [0.15, 0.2) is 24.3 Å². The summed E-state index contributed by atoms with van der Waals surface area (Å²) in [4.78, 5) is 22.1. The molecule has 7 nitrogen and oxygen atoms in total. The molecule has 0 radical (unpaired) electrons. The summed E-state index contributed by atoms with van der Waals surface area (Å²) in [6.45, 7) is 3.83. The van der Waals surface area contributed by atoms with Crippen molar-refractivity contribution in [2.24, 2.45) is 0 Å². The number of hydrogen-bond donors (Lipinski definition) is 0. The Morgan fingerprint density at radius 1 is 1.50 bits per heavy atom. The van der Waals surface area contributed by atoms with Gasteiger partial charge in [-0.05, 0) is 19.9 Å². The summed E-state index contributed by atoms with van der Waals surface area (Å²) in [6.07, 6.45) is -0.364. The number of para-hydroxylation sites is 1. The molecule has 0 aromatic heterocycles. The topological polar surface area (TPSA) is 87.9 Å². The molecule has 1 aliphatic heterocycles. The van der Waals surface area contributed by atoms with Crippen molar-refractivity contribution in [3.05, 3.63) is 39.9 Å². The maximum atomic E-state index is 11.9. The predicted molar refractivity (Wildman–Crippen MR) is 68.3 cm³/mol. The zero-order valence-corrected chi connectivity index (χ0v) is 11.2. The smallest absolute Gasteiger partial charge is 0.345 e. The average Bonchev–Trinajstić information content (AvgIpc) is 2.75. The van der Waals surface area contributed by atoms with Crippen molar-refractivity contribution in [2.75, 3.05) is 13.2 Å². The van der Waals surface area contributed by atoms with Crippen LogP contribution in [0, 0.1) is 10.1 Å². The lowest BCUT2D eigenvalue weighted by molar-refractivity contribution is -0.385. The van der Waals surface area contributed by atoms with Gasteiger partial charge in [0.1, 0.15) is 18.3 Å². The number of carbonyl (C=O) groups is 1. The highest BCUT2D eigenvalue weighted by molar-refractivity contribution is 5.93. The molecule has 1 aliphatic rings. The van der Waals surface area contributed by atoms with Crippen LogP contribution < -0.4 is 0 Å². The summed E-state index contributed by atoms with van der Waals surface area (Å²) in [5.74, 6) is -1.44. The van der Waals surface area contributed by atoms with Crippen molar-refractivity contribution in [1.29, 1.82) is 0 Å². The van der Waals surface area contributed by atoms with Gasteiger partial charge < -0.3 is 14.2 Å². The van der Waals surface area contributed by atoms with Crippen molar-refractivity contribution in [1.82, 2.24) is 0 Å². The van der Waals surface area contributed by atoms with Gasteiger partial charge in [-0.25, -0.2) is 4.79 Å². The molecular formula is C13H15NO6. The first-order valence-electron chi connectivity index (χ1n) is 6.11. The van der Waals surface area contributed by atoms with Gasteiger partial charge >= 0.3 is 5.97 Å². The number of nitrogens with zero attached hydrogens (tertiary/aromatic N) is 1. The van der Waals surface area contributed by atoms with Crippen LogP contribution >= 0.6 is 0 Å². The van der Waals surface area contributed by atoms with Gasteiger partial charge in [-0.1, -0.05) is 12.1 Å². The monoisotopic (exact) mass is 281 g/mol. The van der Waals surface area contributed by atoms with E-state index in [0.29, 0.717) is 6.61 Å². The Kier molecular flexibility index (Phi) is 4.01. The zero-order valence-electron chi connectivity index (χ0n) is 11.2. The molecule has 0 aliphatic carbocycles. The van der Waals surface area contributed by atoms with Gasteiger partial charge in [0, 0.05) is 6.07 Å². The van der Waals surface area contributed by atoms with E-state index in [0.717, 1.165) is 0 Å². The molecule has 1 atom stereocenters. The summed E-state index contributed by atoms with van der Waals surface area (Å²) in [5, 5.41) is 10.8. The van der Waals surface area contributed by atoms with Crippen LogP contribution in [0.3, 0.4) is 0 Å². The van der Waals surface area contributed by atoms with Crippen LogP contribution in [0.2, 0.25) is 0 Å². The molecule has 7 heteroatoms. The van der Waals surface area contributed by atoms with E-state index in [1.807, 2.05) is 0 Å². The first-order valence-corrected chi connectivity index (χ1v) is 6.11. The van der Waals surface area contributed by atoms with Gasteiger partial charge in [-0.2, -0.15) is 0 Å². The summed E-state index contributed by atoms with van der Waals surface area (Å²) >= 11 is 0. The second kappa shape index (κ2) is 5.56. The molecule has 20 heavy (non-hydrogen) atoms. The first kappa shape index (κ1) is 14.4. The number of ether oxygens (including phenoxy) is 3. The van der Waals surface area contributed by atoms with E-state index >= 15 is 0 Å². The lowest BCUT2D eigenvalue weighted by Gasteiger charge is -2.16. The maximum Gasteiger partial charge on any atom is 0.345 e. The molecule has 1 fully saturated rings. The number of nitro groups is 1. The van der Waals surface area contributed by atoms with Gasteiger partial charge in [0.2, 0.25) is 0 Å². The summed E-state index contributed by atoms with van der Waals surface area (Å²) in [5.41, 5.74) is -0.350. The van der Waals surface area contributed by atoms with Crippen LogP contribution in [-0.4, -0.2) is 36.0 Å². The minimum absolute atomic E-state index is 0.00564. The minimum Gasteiger partial charge on any atom is -0.459 e. The second-order valence-corrected chi connectivity index (χ2v) is 4.82. The van der Waals surface area contributed by atoms with Crippen molar-refractivity contribution in [3.8, 4) is 0 Å². The van der Waals surface area contributed by atoms with Gasteiger partial charge in [-0.3, -0.25) is 10.1 Å². The Hall–Kier alpha value is -1.99. The van der Waals surface area contributed by atoms with Crippen LogP contribution in [0.1, 0.15) is 24.2 Å². The van der Waals surface area contributed by atoms with Crippen molar-refractivity contribution < 1.29 is 23.9 Å². The Bertz CT molecular complexity index is 527. The summed E-state index contributed by atoms with van der Waals surface area (Å²) in [7, 11) is 0. The zero-order chi connectivity index (χ0) is 14.8. The summed E-state index contributed by atoms with van der Waals surface area (Å²) in [6, 6.07) is 5.65. The predicted octanol–water partition coefficient (Wildman–Crippen LogP) is 1.90. The molecule has 0 spiro atoms. The second-order valence-electron chi connectivity index (χ2n) is 4.82. The molecule has 0 bridgehead atoms. The molecular weight excluding hydrogens is 266 g/mol. The van der Waals surface area contributed by atoms with Gasteiger partial charge in [0.25, 0.3) is 5.69 Å². The quantitative estimate of drug-likeness (QED) is 0.476. The number of rotatable bonds is 4. The van der Waals surface area contributed by atoms with E-state index in [1.54, 1.807) is 19.9 Å². The highest BCUT2D eigenvalue weighted by atomic mass is 16.7. The Morgan fingerprint density at radius 2 is 2.20 bits per heavy atom. The van der Waals surface area contributed by atoms with Crippen LogP contribution in [0.5, 0.6) is 0 Å². The molecule has 0 saturated carbocycles. The SMILES string of the molecule is CC1(C)OC[C@@H](COC(=O)c2ccccc2[N+](=O)[O-])O1. The Labute approximate surface area is 115 Å². The van der Waals surface area contributed by atoms with E-state index in [4.69, 9.17) is 14.2 Å². The number of esters is 1. The van der Waals surface area contributed by atoms with E-state index in [2.05, 4.69) is 0 Å². The fraction of sp³-hybridized carbons (Fsp3) is 0.462. The summed E-state index contributed by atoms with van der Waals surface area (Å²) < 4.78 is 15.9. The molecule has 1 heterocycles. The van der Waals surface area contributed by atoms with Gasteiger partial charge in [0.05, 0.1) is 11.5 Å². The highest BCUT2D eigenvalue weighted by Gasteiger charge is 2.33. The molecule has 1 aromatic rings. The molecule has 0 N–H and O–H groups in total. The van der Waals surface area contributed by atoms with Gasteiger partial charge in [-0.15, -0.1) is 0 Å². The standard InChI is InChI=1S/C13H15NO6/c1-13(2)19-8-9(20-13)7-18-12(15)10-5-3-4-6-11(10)14(16)17/h3-6,9H,7-8H2,1-2H3/t9-/m1/s1. The molecule has 1 saturated heterocycles. The first-order chi connectivity index (χ1) is 9.39. The van der Waals surface area contributed by atoms with E-state index < -0.39 is 16.7 Å². The third-order valence-corrected chi connectivity index (χ3v) is 2.79. The molecule has 1 aromatic carbocycles. The number of hydrogen-bond acceptors (Lipinski definition) is 6. The van der Waals surface area contributed by atoms with E-state index in [-0.39, 0.29) is 24.0 Å². The van der Waals surface area contributed by atoms with E-state index in [1.165, 1.54) is 18.2 Å². The average molecular weight is 281 g/mol. The van der Waals surface area contributed by atoms with Crippen molar-refractivity contribution in [3.63, 3.8) is 0 Å². The fourth-order valence-corrected chi connectivity index (χ4v) is 1.90. The van der Waals surface area contributed by atoms with Gasteiger partial charge in [0.15, 0.2) is 5.79 Å². The lowest BCUT2D eigenvalue weighted by atomic mass is 10.2. The highest BCUT2D eigenvalue weighted by Crippen LogP contribution is 2.23. The molecule has 0 unspecified atom stereocenters. The normalized spacial score (nSPS) is 20.6. The number of nitro benzene ring substituents is 1. The van der Waals surface area contributed by atoms with Crippen LogP contribution in [0.4, 0.5) is 5.69 Å². The van der Waals surface area contributed by atoms with Crippen molar-refractivity contribution in [2.45, 2.75) is 25.7 Å². The van der Waals surface area contributed by atoms with E-state index in [9.17, 15) is 14.9 Å². The van der Waals surface area contributed by atoms with Crippen LogP contribution in [-0.2, 0) is 14.2 Å². The van der Waals surface area contributed by atoms with Crippen LogP contribution in [0.25, 0.3) is 0 Å². The number of carbonyl (C=O) groups excluding carboxylic acids is 1. The molecule has 0 amide bonds.